The molecule has 0 radical (unpaired) electrons. The normalized spacial score (nSPS) is 11.6. The van der Waals surface area contributed by atoms with Crippen LogP contribution in [-0.4, -0.2) is 24.1 Å². The van der Waals surface area contributed by atoms with E-state index in [1.807, 2.05) is 43.8 Å². The van der Waals surface area contributed by atoms with Crippen LogP contribution in [0, 0.1) is 0 Å². The predicted octanol–water partition coefficient (Wildman–Crippen LogP) is 8.52. The van der Waals surface area contributed by atoms with Gasteiger partial charge in [-0.25, -0.2) is 9.97 Å². The van der Waals surface area contributed by atoms with Crippen molar-refractivity contribution in [3.63, 3.8) is 0 Å². The third kappa shape index (κ3) is 3.65. The Labute approximate surface area is 234 Å². The minimum Gasteiger partial charge on any atom is -0.334 e. The zero-order valence-electron chi connectivity index (χ0n) is 21.7. The first-order valence-electron chi connectivity index (χ1n) is 13.2. The molecule has 0 saturated heterocycles. The second-order valence-corrected chi connectivity index (χ2v) is 10.9. The Kier molecular flexibility index (Phi) is 5.15. The fourth-order valence-electron chi connectivity index (χ4n) is 5.55. The van der Waals surface area contributed by atoms with Gasteiger partial charge in [0.05, 0.1) is 26.9 Å². The van der Waals surface area contributed by atoms with E-state index in [0.29, 0.717) is 0 Å². The van der Waals surface area contributed by atoms with Crippen LogP contribution >= 0.6 is 11.3 Å². The average Bonchev–Trinajstić information content (AvgIpc) is 3.72. The van der Waals surface area contributed by atoms with Gasteiger partial charge >= 0.3 is 0 Å². The molecule has 0 N–H and O–H groups in total. The summed E-state index contributed by atoms with van der Waals surface area (Å²) in [6, 6.07) is 36.3. The van der Waals surface area contributed by atoms with Gasteiger partial charge in [0.25, 0.3) is 0 Å². The number of hydrogen-bond donors (Lipinski definition) is 0. The summed E-state index contributed by atoms with van der Waals surface area (Å²) >= 11 is 1.73. The fraction of sp³-hybridized carbons (Fsp3) is 0.0294. The van der Waals surface area contributed by atoms with Crippen molar-refractivity contribution >= 4 is 43.4 Å². The van der Waals surface area contributed by atoms with E-state index >= 15 is 0 Å². The number of benzene rings is 4. The van der Waals surface area contributed by atoms with Crippen LogP contribution in [0.1, 0.15) is 0 Å². The fourth-order valence-corrected chi connectivity index (χ4v) is 6.51. The maximum Gasteiger partial charge on any atom is 0.139 e. The number of pyridine rings is 1. The Morgan fingerprint density at radius 3 is 2.23 bits per heavy atom. The molecule has 4 heterocycles. The lowest BCUT2D eigenvalue weighted by atomic mass is 10.1. The molecule has 190 valence electrons. The minimum absolute atomic E-state index is 0.941. The van der Waals surface area contributed by atoms with E-state index in [4.69, 9.17) is 4.98 Å². The van der Waals surface area contributed by atoms with Crippen molar-refractivity contribution in [3.8, 4) is 38.9 Å². The summed E-state index contributed by atoms with van der Waals surface area (Å²) in [6.45, 7) is 0. The first-order chi connectivity index (χ1) is 19.7. The molecule has 0 aliphatic rings. The molecule has 8 rings (SSSR count). The molecule has 0 bridgehead atoms. The summed E-state index contributed by atoms with van der Waals surface area (Å²) in [4.78, 5) is 14.2. The van der Waals surface area contributed by atoms with Crippen LogP contribution in [-0.2, 0) is 7.05 Å². The summed E-state index contributed by atoms with van der Waals surface area (Å²) in [5.74, 6) is 0.941. The van der Waals surface area contributed by atoms with Gasteiger partial charge in [-0.3, -0.25) is 4.98 Å². The third-order valence-corrected chi connectivity index (χ3v) is 8.54. The first-order valence-corrected chi connectivity index (χ1v) is 14.0. The van der Waals surface area contributed by atoms with Gasteiger partial charge in [0.1, 0.15) is 10.8 Å². The van der Waals surface area contributed by atoms with Crippen molar-refractivity contribution in [2.45, 2.75) is 0 Å². The lowest BCUT2D eigenvalue weighted by molar-refractivity contribution is 0.925. The highest BCUT2D eigenvalue weighted by Gasteiger charge is 2.17. The molecule has 0 aliphatic carbocycles. The number of fused-ring (bicyclic) bond motifs is 4. The van der Waals surface area contributed by atoms with Gasteiger partial charge in [-0.05, 0) is 48.5 Å². The van der Waals surface area contributed by atoms with E-state index in [1.54, 1.807) is 11.3 Å². The number of nitrogens with zero attached hydrogens (tertiary/aromatic N) is 5. The van der Waals surface area contributed by atoms with Crippen LogP contribution in [0.4, 0.5) is 0 Å². The number of hydrogen-bond acceptors (Lipinski definition) is 4. The summed E-state index contributed by atoms with van der Waals surface area (Å²) in [6.07, 6.45) is 5.66. The topological polar surface area (TPSA) is 48.5 Å². The van der Waals surface area contributed by atoms with Crippen molar-refractivity contribution < 1.29 is 0 Å². The highest BCUT2D eigenvalue weighted by molar-refractivity contribution is 7.21. The number of rotatable bonds is 4. The third-order valence-electron chi connectivity index (χ3n) is 7.45. The molecule has 0 atom stereocenters. The van der Waals surface area contributed by atoms with E-state index < -0.39 is 0 Å². The Morgan fingerprint density at radius 1 is 0.650 bits per heavy atom. The van der Waals surface area contributed by atoms with E-state index in [2.05, 4.69) is 104 Å². The predicted molar refractivity (Wildman–Crippen MR) is 165 cm³/mol. The number of para-hydroxylation sites is 1. The molecule has 40 heavy (non-hydrogen) atoms. The van der Waals surface area contributed by atoms with Gasteiger partial charge in [0, 0.05) is 58.8 Å². The Hall–Kier alpha value is -5.07. The van der Waals surface area contributed by atoms with Crippen molar-refractivity contribution in [3.05, 3.63) is 122 Å². The molecule has 0 saturated carbocycles. The maximum atomic E-state index is 4.95. The molecular weight excluding hydrogens is 510 g/mol. The average molecular weight is 534 g/mol. The quantitative estimate of drug-likeness (QED) is 0.228. The van der Waals surface area contributed by atoms with Gasteiger partial charge in [0.2, 0.25) is 0 Å². The molecular formula is C34H23N5S. The van der Waals surface area contributed by atoms with Crippen LogP contribution < -0.4 is 0 Å². The molecule has 6 heteroatoms. The van der Waals surface area contributed by atoms with Crippen molar-refractivity contribution in [1.29, 1.82) is 0 Å². The minimum atomic E-state index is 0.941. The number of aromatic nitrogens is 5. The monoisotopic (exact) mass is 533 g/mol. The Bertz CT molecular complexity index is 2150. The molecule has 0 aliphatic heterocycles. The standard InChI is InChI=1S/C34H23N5S/c1-38-18-17-36-33(38)23-12-14-26-27-15-13-24(34-37-29-10-2-3-11-32(29)40-34)21-31(27)39(30(26)20-23)25-8-6-7-22(19-25)28-9-4-5-16-35-28/h2-21H,1H3. The van der Waals surface area contributed by atoms with Crippen LogP contribution in [0.25, 0.3) is 70.9 Å². The zero-order chi connectivity index (χ0) is 26.6. The largest absolute Gasteiger partial charge is 0.334 e. The van der Waals surface area contributed by atoms with E-state index in [9.17, 15) is 0 Å². The molecule has 0 fully saturated rings. The van der Waals surface area contributed by atoms with Gasteiger partial charge in [-0.2, -0.15) is 0 Å². The van der Waals surface area contributed by atoms with Gasteiger partial charge in [0.15, 0.2) is 0 Å². The highest BCUT2D eigenvalue weighted by Crippen LogP contribution is 2.38. The van der Waals surface area contributed by atoms with E-state index in [0.717, 1.165) is 55.5 Å². The summed E-state index contributed by atoms with van der Waals surface area (Å²) in [5.41, 5.74) is 8.62. The van der Waals surface area contributed by atoms with Crippen LogP contribution in [0.15, 0.2) is 122 Å². The number of aryl methyl sites for hydroxylation is 1. The second-order valence-electron chi connectivity index (χ2n) is 9.91. The number of imidazole rings is 1. The molecule has 8 aromatic rings. The summed E-state index contributed by atoms with van der Waals surface area (Å²) in [7, 11) is 2.03. The molecule has 0 spiro atoms. The first kappa shape index (κ1) is 22.9. The van der Waals surface area contributed by atoms with Gasteiger partial charge < -0.3 is 9.13 Å². The highest BCUT2D eigenvalue weighted by atomic mass is 32.1. The Morgan fingerprint density at radius 2 is 1.45 bits per heavy atom. The van der Waals surface area contributed by atoms with Crippen LogP contribution in [0.5, 0.6) is 0 Å². The number of thiazole rings is 1. The summed E-state index contributed by atoms with van der Waals surface area (Å²) < 4.78 is 5.61. The second kappa shape index (κ2) is 9.00. The molecule has 0 amide bonds. The lowest BCUT2D eigenvalue weighted by Gasteiger charge is -2.11. The van der Waals surface area contributed by atoms with Gasteiger partial charge in [-0.15, -0.1) is 11.3 Å². The van der Waals surface area contributed by atoms with Crippen molar-refractivity contribution in [1.82, 2.24) is 24.1 Å². The molecule has 0 unspecified atom stereocenters. The van der Waals surface area contributed by atoms with Gasteiger partial charge in [-0.1, -0.05) is 54.6 Å². The lowest BCUT2D eigenvalue weighted by Crippen LogP contribution is -1.96. The van der Waals surface area contributed by atoms with Crippen LogP contribution in [0.2, 0.25) is 0 Å². The Balaban J connectivity index is 1.40. The smallest absolute Gasteiger partial charge is 0.139 e. The van der Waals surface area contributed by atoms with Crippen molar-refractivity contribution in [2.24, 2.45) is 7.05 Å². The SMILES string of the molecule is Cn1ccnc1-c1ccc2c3ccc(-c4nc5ccccc5s4)cc3n(-c3cccc(-c4ccccn4)c3)c2c1. The van der Waals surface area contributed by atoms with Crippen LogP contribution in [0.3, 0.4) is 0 Å². The zero-order valence-corrected chi connectivity index (χ0v) is 22.5. The van der Waals surface area contributed by atoms with E-state index in [-0.39, 0.29) is 0 Å². The molecule has 5 nitrogen and oxygen atoms in total. The van der Waals surface area contributed by atoms with E-state index in [1.165, 1.54) is 15.5 Å². The molecule has 4 aromatic heterocycles. The molecule has 4 aromatic carbocycles. The maximum absolute atomic E-state index is 4.95. The van der Waals surface area contributed by atoms with Crippen molar-refractivity contribution in [2.75, 3.05) is 0 Å². The summed E-state index contributed by atoms with van der Waals surface area (Å²) in [5, 5.41) is 3.43.